The summed E-state index contributed by atoms with van der Waals surface area (Å²) < 4.78 is 6.67. The number of nitrogens with zero attached hydrogens (tertiary/aromatic N) is 1. The SMILES string of the molecule is CC(NCc1coc(-c2ccc(Br)cc2)n1)c1cccc2ccccc12. The Morgan fingerprint density at radius 3 is 2.62 bits per heavy atom. The van der Waals surface area contributed by atoms with Crippen molar-refractivity contribution in [3.8, 4) is 11.5 Å². The van der Waals surface area contributed by atoms with E-state index >= 15 is 0 Å². The predicted octanol–water partition coefficient (Wildman–Crippen LogP) is 6.11. The highest BCUT2D eigenvalue weighted by Crippen LogP contribution is 2.25. The lowest BCUT2D eigenvalue weighted by atomic mass is 10.00. The van der Waals surface area contributed by atoms with E-state index in [0.29, 0.717) is 12.4 Å². The van der Waals surface area contributed by atoms with Gasteiger partial charge >= 0.3 is 0 Å². The Balaban J connectivity index is 1.48. The van der Waals surface area contributed by atoms with Gasteiger partial charge in [-0.1, -0.05) is 58.4 Å². The molecule has 1 aromatic heterocycles. The van der Waals surface area contributed by atoms with Crippen LogP contribution >= 0.6 is 15.9 Å². The average molecular weight is 407 g/mol. The van der Waals surface area contributed by atoms with E-state index in [1.54, 1.807) is 6.26 Å². The molecular weight excluding hydrogens is 388 g/mol. The van der Waals surface area contributed by atoms with Crippen molar-refractivity contribution in [2.45, 2.75) is 19.5 Å². The van der Waals surface area contributed by atoms with Gasteiger partial charge in [-0.15, -0.1) is 0 Å². The van der Waals surface area contributed by atoms with E-state index in [4.69, 9.17) is 4.42 Å². The average Bonchev–Trinajstić information content (AvgIpc) is 3.15. The normalized spacial score (nSPS) is 12.4. The molecule has 0 spiro atoms. The minimum atomic E-state index is 0.217. The largest absolute Gasteiger partial charge is 0.444 e. The van der Waals surface area contributed by atoms with E-state index in [-0.39, 0.29) is 6.04 Å². The molecule has 3 aromatic carbocycles. The summed E-state index contributed by atoms with van der Waals surface area (Å²) in [4.78, 5) is 4.59. The molecule has 0 saturated heterocycles. The second kappa shape index (κ2) is 7.44. The van der Waals surface area contributed by atoms with Gasteiger partial charge in [0.05, 0.1) is 5.69 Å². The lowest BCUT2D eigenvalue weighted by Gasteiger charge is -2.15. The van der Waals surface area contributed by atoms with Gasteiger partial charge in [-0.25, -0.2) is 4.98 Å². The summed E-state index contributed by atoms with van der Waals surface area (Å²) >= 11 is 3.44. The van der Waals surface area contributed by atoms with Crippen molar-refractivity contribution in [2.24, 2.45) is 0 Å². The van der Waals surface area contributed by atoms with Crippen LogP contribution in [0.1, 0.15) is 24.2 Å². The van der Waals surface area contributed by atoms with Crippen LogP contribution in [0.3, 0.4) is 0 Å². The number of rotatable bonds is 5. The monoisotopic (exact) mass is 406 g/mol. The van der Waals surface area contributed by atoms with Crippen LogP contribution in [0, 0.1) is 0 Å². The molecule has 0 bridgehead atoms. The molecule has 0 fully saturated rings. The number of hydrogen-bond donors (Lipinski definition) is 1. The summed E-state index contributed by atoms with van der Waals surface area (Å²) in [5, 5.41) is 6.10. The van der Waals surface area contributed by atoms with Crippen molar-refractivity contribution >= 4 is 26.7 Å². The first kappa shape index (κ1) is 17.0. The zero-order chi connectivity index (χ0) is 17.9. The molecule has 4 aromatic rings. The maximum absolute atomic E-state index is 5.63. The molecule has 26 heavy (non-hydrogen) atoms. The topological polar surface area (TPSA) is 38.1 Å². The van der Waals surface area contributed by atoms with E-state index in [2.05, 4.69) is 75.6 Å². The summed E-state index contributed by atoms with van der Waals surface area (Å²) in [5.74, 6) is 0.645. The third-order valence-electron chi connectivity index (χ3n) is 4.52. The Labute approximate surface area is 161 Å². The van der Waals surface area contributed by atoms with Crippen molar-refractivity contribution in [3.05, 3.63) is 88.7 Å². The third-order valence-corrected chi connectivity index (χ3v) is 5.05. The van der Waals surface area contributed by atoms with Crippen LogP contribution in [0.2, 0.25) is 0 Å². The molecule has 130 valence electrons. The van der Waals surface area contributed by atoms with E-state index < -0.39 is 0 Å². The summed E-state index contributed by atoms with van der Waals surface area (Å²) in [7, 11) is 0. The Bertz CT molecular complexity index is 1020. The van der Waals surface area contributed by atoms with Gasteiger partial charge in [0.2, 0.25) is 5.89 Å². The summed E-state index contributed by atoms with van der Waals surface area (Å²) in [6.45, 7) is 2.84. The molecule has 0 aliphatic carbocycles. The fourth-order valence-electron chi connectivity index (χ4n) is 3.11. The summed E-state index contributed by atoms with van der Waals surface area (Å²) in [6.07, 6.45) is 1.72. The Morgan fingerprint density at radius 2 is 1.77 bits per heavy atom. The quantitative estimate of drug-likeness (QED) is 0.434. The predicted molar refractivity (Wildman–Crippen MR) is 109 cm³/mol. The minimum absolute atomic E-state index is 0.217. The molecule has 0 aliphatic heterocycles. The first-order chi connectivity index (χ1) is 12.7. The highest BCUT2D eigenvalue weighted by Gasteiger charge is 2.11. The zero-order valence-electron chi connectivity index (χ0n) is 14.4. The van der Waals surface area contributed by atoms with E-state index in [1.807, 2.05) is 24.3 Å². The lowest BCUT2D eigenvalue weighted by Crippen LogP contribution is -2.18. The second-order valence-electron chi connectivity index (χ2n) is 6.32. The molecule has 0 radical (unpaired) electrons. The fourth-order valence-corrected chi connectivity index (χ4v) is 3.37. The maximum Gasteiger partial charge on any atom is 0.226 e. The van der Waals surface area contributed by atoms with Gasteiger partial charge in [0.1, 0.15) is 6.26 Å². The minimum Gasteiger partial charge on any atom is -0.444 e. The smallest absolute Gasteiger partial charge is 0.226 e. The number of aromatic nitrogens is 1. The van der Waals surface area contributed by atoms with Gasteiger partial charge in [-0.3, -0.25) is 0 Å². The van der Waals surface area contributed by atoms with Gasteiger partial charge in [-0.2, -0.15) is 0 Å². The summed E-state index contributed by atoms with van der Waals surface area (Å²) in [6, 6.07) is 23.1. The zero-order valence-corrected chi connectivity index (χ0v) is 16.0. The number of nitrogens with one attached hydrogen (secondary N) is 1. The molecule has 1 heterocycles. The van der Waals surface area contributed by atoms with E-state index in [0.717, 1.165) is 15.7 Å². The van der Waals surface area contributed by atoms with E-state index in [1.165, 1.54) is 16.3 Å². The van der Waals surface area contributed by atoms with Crippen molar-refractivity contribution in [2.75, 3.05) is 0 Å². The molecule has 4 heteroatoms. The molecule has 1 atom stereocenters. The Morgan fingerprint density at radius 1 is 1.00 bits per heavy atom. The number of benzene rings is 3. The lowest BCUT2D eigenvalue weighted by molar-refractivity contribution is 0.555. The van der Waals surface area contributed by atoms with Crippen molar-refractivity contribution in [1.82, 2.24) is 10.3 Å². The maximum atomic E-state index is 5.63. The molecule has 4 rings (SSSR count). The molecular formula is C22H19BrN2O. The van der Waals surface area contributed by atoms with Crippen LogP contribution in [0.25, 0.3) is 22.2 Å². The highest BCUT2D eigenvalue weighted by molar-refractivity contribution is 9.10. The van der Waals surface area contributed by atoms with Crippen LogP contribution in [-0.4, -0.2) is 4.98 Å². The van der Waals surface area contributed by atoms with Gasteiger partial charge in [-0.05, 0) is 47.5 Å². The molecule has 3 nitrogen and oxygen atoms in total. The first-order valence-corrected chi connectivity index (χ1v) is 9.41. The molecule has 1 N–H and O–H groups in total. The Hall–Kier alpha value is -2.43. The van der Waals surface area contributed by atoms with Gasteiger partial charge in [0, 0.05) is 22.6 Å². The van der Waals surface area contributed by atoms with Crippen molar-refractivity contribution < 1.29 is 4.42 Å². The number of halogens is 1. The van der Waals surface area contributed by atoms with E-state index in [9.17, 15) is 0 Å². The number of oxazole rings is 1. The van der Waals surface area contributed by atoms with Gasteiger partial charge in [0.25, 0.3) is 0 Å². The van der Waals surface area contributed by atoms with Crippen LogP contribution in [0.15, 0.2) is 81.9 Å². The second-order valence-corrected chi connectivity index (χ2v) is 7.24. The first-order valence-electron chi connectivity index (χ1n) is 8.62. The fraction of sp³-hybridized carbons (Fsp3) is 0.136. The molecule has 0 aliphatic rings. The standard InChI is InChI=1S/C22H19BrN2O/c1-15(20-8-4-6-16-5-2-3-7-21(16)20)24-13-19-14-26-22(25-19)17-9-11-18(23)12-10-17/h2-12,14-15,24H,13H2,1H3. The van der Waals surface area contributed by atoms with Gasteiger partial charge < -0.3 is 9.73 Å². The van der Waals surface area contributed by atoms with Crippen LogP contribution in [0.5, 0.6) is 0 Å². The van der Waals surface area contributed by atoms with Crippen molar-refractivity contribution in [1.29, 1.82) is 0 Å². The summed E-state index contributed by atoms with van der Waals surface area (Å²) in [5.41, 5.74) is 3.16. The van der Waals surface area contributed by atoms with Crippen molar-refractivity contribution in [3.63, 3.8) is 0 Å². The Kier molecular flexibility index (Phi) is 4.87. The van der Waals surface area contributed by atoms with Gasteiger partial charge in [0.15, 0.2) is 0 Å². The van der Waals surface area contributed by atoms with Crippen LogP contribution in [-0.2, 0) is 6.54 Å². The van der Waals surface area contributed by atoms with Crippen LogP contribution in [0.4, 0.5) is 0 Å². The molecule has 0 saturated carbocycles. The number of hydrogen-bond acceptors (Lipinski definition) is 3. The van der Waals surface area contributed by atoms with Crippen LogP contribution < -0.4 is 5.32 Å². The third kappa shape index (κ3) is 3.57. The number of fused-ring (bicyclic) bond motifs is 1. The highest BCUT2D eigenvalue weighted by atomic mass is 79.9. The molecule has 0 amide bonds. The molecule has 1 unspecified atom stereocenters.